The van der Waals surface area contributed by atoms with Crippen LogP contribution in [-0.2, 0) is 9.53 Å². The van der Waals surface area contributed by atoms with E-state index in [2.05, 4.69) is 13.8 Å². The van der Waals surface area contributed by atoms with Gasteiger partial charge in [0.2, 0.25) is 0 Å². The van der Waals surface area contributed by atoms with Gasteiger partial charge in [0.15, 0.2) is 5.78 Å². The van der Waals surface area contributed by atoms with Gasteiger partial charge in [-0.3, -0.25) is 4.79 Å². The van der Waals surface area contributed by atoms with E-state index in [1.54, 1.807) is 7.11 Å². The quantitative estimate of drug-likeness (QED) is 0.620. The first-order valence-electron chi connectivity index (χ1n) is 5.08. The van der Waals surface area contributed by atoms with E-state index in [1.165, 1.54) is 0 Å². The van der Waals surface area contributed by atoms with Gasteiger partial charge < -0.3 is 4.74 Å². The van der Waals surface area contributed by atoms with Gasteiger partial charge in [0.1, 0.15) is 5.60 Å². The molecule has 2 saturated carbocycles. The van der Waals surface area contributed by atoms with Gasteiger partial charge in [-0.05, 0) is 12.8 Å². The van der Waals surface area contributed by atoms with Gasteiger partial charge in [-0.25, -0.2) is 0 Å². The van der Waals surface area contributed by atoms with Gasteiger partial charge in [-0.15, -0.1) is 0 Å². The van der Waals surface area contributed by atoms with Crippen molar-refractivity contribution < 1.29 is 9.53 Å². The van der Waals surface area contributed by atoms with Crippen LogP contribution in [0.15, 0.2) is 0 Å². The zero-order valence-electron chi connectivity index (χ0n) is 8.89. The molecule has 2 aliphatic carbocycles. The van der Waals surface area contributed by atoms with Crippen molar-refractivity contribution in [1.82, 2.24) is 0 Å². The lowest BCUT2D eigenvalue weighted by Gasteiger charge is -2.25. The summed E-state index contributed by atoms with van der Waals surface area (Å²) in [5, 5.41) is 0. The average Bonchev–Trinajstić information content (AvgIpc) is 2.58. The molecule has 0 aromatic carbocycles. The van der Waals surface area contributed by atoms with E-state index in [4.69, 9.17) is 4.74 Å². The number of hydrogen-bond acceptors (Lipinski definition) is 2. The van der Waals surface area contributed by atoms with E-state index in [9.17, 15) is 4.79 Å². The van der Waals surface area contributed by atoms with Crippen LogP contribution in [-0.4, -0.2) is 18.5 Å². The summed E-state index contributed by atoms with van der Waals surface area (Å²) >= 11 is 0. The highest BCUT2D eigenvalue weighted by Crippen LogP contribution is 2.69. The Kier molecular flexibility index (Phi) is 1.66. The lowest BCUT2D eigenvalue weighted by atomic mass is 9.87. The van der Waals surface area contributed by atoms with Gasteiger partial charge in [-0.1, -0.05) is 20.8 Å². The zero-order chi connectivity index (χ0) is 9.85. The second kappa shape index (κ2) is 2.35. The first-order chi connectivity index (χ1) is 5.98. The van der Waals surface area contributed by atoms with Crippen LogP contribution in [0.25, 0.3) is 0 Å². The van der Waals surface area contributed by atoms with Crippen molar-refractivity contribution in [2.45, 2.75) is 39.2 Å². The maximum absolute atomic E-state index is 12.0. The Labute approximate surface area is 79.7 Å². The number of carbonyl (C=O) groups excluding carboxylic acids is 1. The topological polar surface area (TPSA) is 26.3 Å². The fourth-order valence-electron chi connectivity index (χ4n) is 3.30. The molecule has 0 aromatic rings. The fourth-order valence-corrected chi connectivity index (χ4v) is 3.30. The summed E-state index contributed by atoms with van der Waals surface area (Å²) in [6.45, 7) is 6.32. The molecule has 13 heavy (non-hydrogen) atoms. The molecule has 0 radical (unpaired) electrons. The van der Waals surface area contributed by atoms with Crippen LogP contribution in [0, 0.1) is 17.3 Å². The van der Waals surface area contributed by atoms with Crippen LogP contribution in [0.2, 0.25) is 0 Å². The Bertz CT molecular complexity index is 257. The lowest BCUT2D eigenvalue weighted by molar-refractivity contribution is -0.140. The molecule has 3 unspecified atom stereocenters. The predicted molar refractivity (Wildman–Crippen MR) is 50.4 cm³/mol. The first kappa shape index (κ1) is 9.20. The van der Waals surface area contributed by atoms with E-state index in [0.717, 1.165) is 12.8 Å². The molecule has 2 aliphatic rings. The van der Waals surface area contributed by atoms with Crippen LogP contribution in [0.5, 0.6) is 0 Å². The number of Topliss-reactive ketones (excluding diaryl/α,β-unsaturated/α-hetero) is 1. The van der Waals surface area contributed by atoms with Crippen LogP contribution < -0.4 is 0 Å². The van der Waals surface area contributed by atoms with Gasteiger partial charge in [-0.2, -0.15) is 0 Å². The molecular weight excluding hydrogens is 164 g/mol. The van der Waals surface area contributed by atoms with E-state index < -0.39 is 5.60 Å². The molecule has 0 spiro atoms. The summed E-state index contributed by atoms with van der Waals surface area (Å²) in [6.07, 6.45) is 2.19. The van der Waals surface area contributed by atoms with Gasteiger partial charge in [0.25, 0.3) is 0 Å². The van der Waals surface area contributed by atoms with Gasteiger partial charge >= 0.3 is 0 Å². The van der Waals surface area contributed by atoms with Crippen LogP contribution >= 0.6 is 0 Å². The van der Waals surface area contributed by atoms with Crippen LogP contribution in [0.3, 0.4) is 0 Å². The average molecular weight is 182 g/mol. The molecule has 2 nitrogen and oxygen atoms in total. The standard InChI is InChI=1S/C11H18O2/c1-7-5-6-8-10(2,3)11(8,13-4)9(7)12/h7-8H,5-6H2,1-4H3. The molecule has 0 N–H and O–H groups in total. The number of rotatable bonds is 1. The molecule has 74 valence electrons. The molecule has 2 heteroatoms. The van der Waals surface area contributed by atoms with Gasteiger partial charge in [0.05, 0.1) is 0 Å². The summed E-state index contributed by atoms with van der Waals surface area (Å²) in [5.74, 6) is 0.989. The Balaban J connectivity index is 2.35. The minimum atomic E-state index is -0.426. The summed E-state index contributed by atoms with van der Waals surface area (Å²) in [5.41, 5.74) is -0.353. The third-order valence-electron chi connectivity index (χ3n) is 4.26. The molecule has 2 fully saturated rings. The summed E-state index contributed by atoms with van der Waals surface area (Å²) in [7, 11) is 1.68. The fraction of sp³-hybridized carbons (Fsp3) is 0.909. The lowest BCUT2D eigenvalue weighted by Crippen LogP contribution is -2.38. The minimum Gasteiger partial charge on any atom is -0.370 e. The number of methoxy groups -OCH3 is 1. The Morgan fingerprint density at radius 1 is 1.38 bits per heavy atom. The van der Waals surface area contributed by atoms with Crippen molar-refractivity contribution in [1.29, 1.82) is 0 Å². The predicted octanol–water partition coefficient (Wildman–Crippen LogP) is 2.03. The van der Waals surface area contributed by atoms with Crippen molar-refractivity contribution in [3.05, 3.63) is 0 Å². The zero-order valence-corrected chi connectivity index (χ0v) is 8.89. The maximum atomic E-state index is 12.0. The minimum absolute atomic E-state index is 0.0730. The van der Waals surface area contributed by atoms with Crippen molar-refractivity contribution in [2.24, 2.45) is 17.3 Å². The number of ketones is 1. The molecule has 0 saturated heterocycles. The normalized spacial score (nSPS) is 47.2. The first-order valence-corrected chi connectivity index (χ1v) is 5.08. The second-order valence-electron chi connectivity index (χ2n) is 5.06. The van der Waals surface area contributed by atoms with Crippen LogP contribution in [0.1, 0.15) is 33.6 Å². The van der Waals surface area contributed by atoms with Gasteiger partial charge in [0, 0.05) is 24.4 Å². The monoisotopic (exact) mass is 182 g/mol. The Morgan fingerprint density at radius 2 is 2.00 bits per heavy atom. The number of ether oxygens (including phenoxy) is 1. The molecule has 0 heterocycles. The van der Waals surface area contributed by atoms with Crippen molar-refractivity contribution in [3.63, 3.8) is 0 Å². The molecule has 3 atom stereocenters. The highest BCUT2D eigenvalue weighted by atomic mass is 16.5. The Hall–Kier alpha value is -0.370. The molecule has 0 aromatic heterocycles. The highest BCUT2D eigenvalue weighted by molar-refractivity contribution is 5.95. The number of fused-ring (bicyclic) bond motifs is 1. The summed E-state index contributed by atoms with van der Waals surface area (Å²) < 4.78 is 5.50. The van der Waals surface area contributed by atoms with Crippen molar-refractivity contribution >= 4 is 5.78 Å². The smallest absolute Gasteiger partial charge is 0.168 e. The van der Waals surface area contributed by atoms with Crippen molar-refractivity contribution in [3.8, 4) is 0 Å². The van der Waals surface area contributed by atoms with Crippen molar-refractivity contribution in [2.75, 3.05) is 7.11 Å². The highest BCUT2D eigenvalue weighted by Gasteiger charge is 2.77. The summed E-state index contributed by atoms with van der Waals surface area (Å²) in [4.78, 5) is 12.0. The molecule has 0 aliphatic heterocycles. The maximum Gasteiger partial charge on any atom is 0.168 e. The van der Waals surface area contributed by atoms with E-state index in [-0.39, 0.29) is 11.3 Å². The summed E-state index contributed by atoms with van der Waals surface area (Å²) in [6, 6.07) is 0. The van der Waals surface area contributed by atoms with E-state index in [0.29, 0.717) is 11.7 Å². The number of carbonyl (C=O) groups is 1. The molecule has 0 amide bonds. The SMILES string of the molecule is COC12C(=O)C(C)CCC1C2(C)C. The van der Waals surface area contributed by atoms with E-state index in [1.807, 2.05) is 6.92 Å². The molecular formula is C11H18O2. The second-order valence-corrected chi connectivity index (χ2v) is 5.06. The molecule has 2 rings (SSSR count). The van der Waals surface area contributed by atoms with Crippen LogP contribution in [0.4, 0.5) is 0 Å². The largest absolute Gasteiger partial charge is 0.370 e. The Morgan fingerprint density at radius 3 is 2.46 bits per heavy atom. The third-order valence-corrected chi connectivity index (χ3v) is 4.26. The number of hydrogen-bond donors (Lipinski definition) is 0. The third kappa shape index (κ3) is 0.804. The molecule has 0 bridgehead atoms. The van der Waals surface area contributed by atoms with E-state index >= 15 is 0 Å².